The van der Waals surface area contributed by atoms with Crippen molar-refractivity contribution in [3.63, 3.8) is 0 Å². The topological polar surface area (TPSA) is 0 Å². The molecule has 0 aliphatic heterocycles. The average molecular weight is 295 g/mol. The van der Waals surface area contributed by atoms with Gasteiger partial charge in [0.2, 0.25) is 0 Å². The Kier molecular flexibility index (Phi) is 108. The molecule has 0 rings (SSSR count). The zero-order valence-corrected chi connectivity index (χ0v) is 10.3. The molecule has 0 fully saturated rings. The molecule has 0 aromatic rings. The summed E-state index contributed by atoms with van der Waals surface area (Å²) in [6.45, 7) is 0. The van der Waals surface area contributed by atoms with Crippen molar-refractivity contribution in [3.05, 3.63) is 0 Å². The third-order valence-corrected chi connectivity index (χ3v) is 0. The van der Waals surface area contributed by atoms with Crippen LogP contribution in [0.25, 0.3) is 0 Å². The van der Waals surface area contributed by atoms with Crippen LogP contribution in [-0.4, -0.2) is 62.2 Å². The molecule has 0 nitrogen and oxygen atoms in total. The van der Waals surface area contributed by atoms with Crippen molar-refractivity contribution >= 4 is 62.2 Å². The third-order valence-electron chi connectivity index (χ3n) is 0. The molecule has 0 N–H and O–H groups in total. The van der Waals surface area contributed by atoms with Crippen molar-refractivity contribution in [1.82, 2.24) is 0 Å². The minimum atomic E-state index is 0. The fraction of sp³-hybridized carbons (Fsp3) is 0. The predicted molar refractivity (Wildman–Crippen MR) is 14.3 cm³/mol. The van der Waals surface area contributed by atoms with Crippen LogP contribution in [0.2, 0.25) is 0 Å². The van der Waals surface area contributed by atoms with Gasteiger partial charge in [-0.15, -0.1) is 0 Å². The Hall–Kier alpha value is 3.32. The molecule has 4 heteroatoms. The average Bonchev–Trinajstić information content (AvgIpc) is 0. The van der Waals surface area contributed by atoms with Gasteiger partial charge < -0.3 is 0 Å². The summed E-state index contributed by atoms with van der Waals surface area (Å²) in [5.74, 6) is 0. The van der Waals surface area contributed by atoms with Crippen LogP contribution in [0, 0.1) is 0 Å². The summed E-state index contributed by atoms with van der Waals surface area (Å²) in [6, 6.07) is 0. The van der Waals surface area contributed by atoms with Gasteiger partial charge in [-0.05, 0) is 0 Å². The maximum absolute atomic E-state index is 0. The van der Waals surface area contributed by atoms with Crippen molar-refractivity contribution in [2.75, 3.05) is 0 Å². The van der Waals surface area contributed by atoms with Crippen LogP contribution >= 0.6 is 0 Å². The summed E-state index contributed by atoms with van der Waals surface area (Å²) in [7, 11) is 0. The summed E-state index contributed by atoms with van der Waals surface area (Å²) in [5, 5.41) is 0. The second kappa shape index (κ2) is 16.2. The van der Waals surface area contributed by atoms with Crippen LogP contribution in [0.3, 0.4) is 0 Å². The molecule has 0 aromatic carbocycles. The summed E-state index contributed by atoms with van der Waals surface area (Å²) in [6.07, 6.45) is 0. The number of rotatable bonds is 0. The van der Waals surface area contributed by atoms with E-state index in [1.807, 2.05) is 0 Å². The van der Waals surface area contributed by atoms with Gasteiger partial charge in [-0.3, -0.25) is 0 Å². The van der Waals surface area contributed by atoms with Gasteiger partial charge in [-0.25, -0.2) is 0 Å². The first-order chi connectivity index (χ1) is 0. The van der Waals surface area contributed by atoms with E-state index in [1.54, 1.807) is 0 Å². The van der Waals surface area contributed by atoms with Crippen LogP contribution in [-0.2, 0) is 39.0 Å². The number of hydrogen-bond donors (Lipinski definition) is 0. The Bertz CT molecular complexity index is 6.00. The molecule has 0 saturated heterocycles. The van der Waals surface area contributed by atoms with E-state index in [2.05, 4.69) is 0 Å². The molecular formula is H2CaSbZn2. The molecule has 0 spiro atoms. The van der Waals surface area contributed by atoms with Gasteiger partial charge in [0.1, 0.15) is 0 Å². The van der Waals surface area contributed by atoms with Gasteiger partial charge in [-0.2, -0.15) is 0 Å². The summed E-state index contributed by atoms with van der Waals surface area (Å²) >= 11 is 0. The van der Waals surface area contributed by atoms with Crippen LogP contribution in [0.15, 0.2) is 0 Å². The standard InChI is InChI=1S/Ca.Sb.2Zn.2H. The number of hydrogen-bond acceptors (Lipinski definition) is 0. The molecule has 0 atom stereocenters. The summed E-state index contributed by atoms with van der Waals surface area (Å²) in [4.78, 5) is 0. The first-order valence-electron chi connectivity index (χ1n) is 0. The zero-order chi connectivity index (χ0) is 0. The normalized spacial score (nSPS) is 0. The monoisotopic (exact) mass is 291 g/mol. The first kappa shape index (κ1) is 26.5. The first-order valence-corrected chi connectivity index (χ1v) is 0. The fourth-order valence-electron chi connectivity index (χ4n) is 0. The zero-order valence-electron chi connectivity index (χ0n) is 1.86. The van der Waals surface area contributed by atoms with E-state index in [1.165, 1.54) is 0 Å². The molecule has 0 aliphatic rings. The van der Waals surface area contributed by atoms with E-state index in [-0.39, 0.29) is 101 Å². The summed E-state index contributed by atoms with van der Waals surface area (Å²) < 4.78 is 0. The quantitative estimate of drug-likeness (QED) is 0.487. The van der Waals surface area contributed by atoms with E-state index in [0.29, 0.717) is 0 Å². The van der Waals surface area contributed by atoms with Gasteiger partial charge in [-0.1, -0.05) is 0 Å². The summed E-state index contributed by atoms with van der Waals surface area (Å²) in [5.41, 5.74) is 0. The fourth-order valence-corrected chi connectivity index (χ4v) is 0. The Morgan fingerprint density at radius 2 is 0.750 bits per heavy atom. The maximum Gasteiger partial charge on any atom is 0 e. The molecule has 0 aliphatic carbocycles. The second-order valence-corrected chi connectivity index (χ2v) is 0. The Morgan fingerprint density at radius 3 is 0.750 bits per heavy atom. The molecule has 0 aromatic heterocycles. The SMILES string of the molecule is [CaH2].[Sb].[Zn].[Zn]. The molecule has 13 valence electrons. The minimum Gasteiger partial charge on any atom is 0 e. The second-order valence-electron chi connectivity index (χ2n) is 0. The van der Waals surface area contributed by atoms with Gasteiger partial charge in [0.15, 0.2) is 0 Å². The van der Waals surface area contributed by atoms with Crippen LogP contribution in [0.4, 0.5) is 0 Å². The van der Waals surface area contributed by atoms with E-state index >= 15 is 0 Å². The van der Waals surface area contributed by atoms with E-state index in [0.717, 1.165) is 0 Å². The minimum absolute atomic E-state index is 0. The molecule has 3 radical (unpaired) electrons. The third kappa shape index (κ3) is 9.01. The van der Waals surface area contributed by atoms with Gasteiger partial charge in [0, 0.05) is 63.4 Å². The van der Waals surface area contributed by atoms with E-state index in [9.17, 15) is 0 Å². The van der Waals surface area contributed by atoms with Crippen molar-refractivity contribution in [3.8, 4) is 0 Å². The van der Waals surface area contributed by atoms with Crippen molar-refractivity contribution in [1.29, 1.82) is 0 Å². The van der Waals surface area contributed by atoms with Crippen molar-refractivity contribution in [2.24, 2.45) is 0 Å². The molecule has 0 unspecified atom stereocenters. The molecule has 0 amide bonds. The van der Waals surface area contributed by atoms with Gasteiger partial charge in [0.05, 0.1) is 0 Å². The molecule has 0 heterocycles. The van der Waals surface area contributed by atoms with E-state index in [4.69, 9.17) is 0 Å². The van der Waals surface area contributed by atoms with Crippen molar-refractivity contribution in [2.45, 2.75) is 0 Å². The van der Waals surface area contributed by atoms with Gasteiger partial charge >= 0.3 is 37.7 Å². The van der Waals surface area contributed by atoms with Crippen LogP contribution in [0.5, 0.6) is 0 Å². The largest absolute Gasteiger partial charge is 0 e. The predicted octanol–water partition coefficient (Wildman–Crippen LogP) is -1.30. The molecule has 4 heavy (non-hydrogen) atoms. The Morgan fingerprint density at radius 1 is 0.750 bits per heavy atom. The molecule has 0 bridgehead atoms. The van der Waals surface area contributed by atoms with Crippen LogP contribution < -0.4 is 0 Å². The van der Waals surface area contributed by atoms with E-state index < -0.39 is 0 Å². The molecule has 0 saturated carbocycles. The van der Waals surface area contributed by atoms with Crippen LogP contribution in [0.1, 0.15) is 0 Å². The van der Waals surface area contributed by atoms with Gasteiger partial charge in [0.25, 0.3) is 0 Å². The molecular weight excluding hydrogens is 293 g/mol. The Labute approximate surface area is 98.8 Å². The van der Waals surface area contributed by atoms with Crippen molar-refractivity contribution < 1.29 is 39.0 Å². The smallest absolute Gasteiger partial charge is 0 e. The maximum atomic E-state index is 0. The Balaban J connectivity index is 0.